The number of alkyl halides is 1. The number of hydrogen-bond donors (Lipinski definition) is 1. The Balaban J connectivity index is 1.42. The second-order valence-electron chi connectivity index (χ2n) is 8.63. The van der Waals surface area contributed by atoms with Gasteiger partial charge in [-0.1, -0.05) is 28.1 Å². The number of carbonyl (C=O) groups excluding carboxylic acids is 1. The van der Waals surface area contributed by atoms with Crippen LogP contribution in [0.2, 0.25) is 0 Å². The van der Waals surface area contributed by atoms with E-state index in [0.717, 1.165) is 23.8 Å². The summed E-state index contributed by atoms with van der Waals surface area (Å²) in [6.45, 7) is 1.97. The van der Waals surface area contributed by atoms with E-state index in [-0.39, 0.29) is 23.2 Å². The summed E-state index contributed by atoms with van der Waals surface area (Å²) >= 11 is 4.01. The van der Waals surface area contributed by atoms with E-state index in [0.29, 0.717) is 10.7 Å². The highest BCUT2D eigenvalue weighted by Gasteiger charge is 2.57. The molecule has 1 N–H and O–H groups in total. The molecule has 0 radical (unpaired) electrons. The largest absolute Gasteiger partial charge is 0.350 e. The predicted octanol–water partition coefficient (Wildman–Crippen LogP) is 5.13. The number of carbonyl (C=O) groups is 1. The lowest BCUT2D eigenvalue weighted by Gasteiger charge is -2.60. The van der Waals surface area contributed by atoms with E-state index in [1.807, 2.05) is 6.92 Å². The maximum absolute atomic E-state index is 13.0. The van der Waals surface area contributed by atoms with Gasteiger partial charge in [0, 0.05) is 10.7 Å². The summed E-state index contributed by atoms with van der Waals surface area (Å²) in [5, 5.41) is 3.13. The molecule has 4 aliphatic carbocycles. The first kappa shape index (κ1) is 16.6. The number of rotatable bonds is 4. The summed E-state index contributed by atoms with van der Waals surface area (Å²) in [4.78, 5) is 12.7. The molecule has 2 unspecified atom stereocenters. The molecule has 0 saturated heterocycles. The molecule has 4 fully saturated rings. The van der Waals surface area contributed by atoms with Crippen molar-refractivity contribution in [1.29, 1.82) is 0 Å². The first-order chi connectivity index (χ1) is 11.3. The summed E-state index contributed by atoms with van der Waals surface area (Å²) in [5.74, 6) is 1.50. The smallest absolute Gasteiger partial charge is 0.221 e. The minimum absolute atomic E-state index is 0.0788. The van der Waals surface area contributed by atoms with Crippen molar-refractivity contribution in [2.24, 2.45) is 17.3 Å². The summed E-state index contributed by atoms with van der Waals surface area (Å²) in [7, 11) is 0. The number of benzene rings is 1. The lowest BCUT2D eigenvalue weighted by atomic mass is 9.48. The van der Waals surface area contributed by atoms with Crippen LogP contribution in [0.4, 0.5) is 4.39 Å². The standard InChI is InChI=1S/C20H25BrFNO/c1-13(16-2-4-17(22)5-3-16)23-18(24)11-19-7-14-6-15(8-19)10-20(21,9-14)12-19/h2-5,13-15H,6-12H2,1H3,(H,23,24)/t13-,14-,15+,19?,20?/m1/s1. The van der Waals surface area contributed by atoms with Crippen molar-refractivity contribution >= 4 is 21.8 Å². The third-order valence-corrected chi connectivity index (χ3v) is 7.32. The Kier molecular flexibility index (Phi) is 4.02. The van der Waals surface area contributed by atoms with E-state index < -0.39 is 0 Å². The van der Waals surface area contributed by atoms with Crippen LogP contribution in [0.3, 0.4) is 0 Å². The van der Waals surface area contributed by atoms with Gasteiger partial charge in [-0.3, -0.25) is 4.79 Å². The molecule has 2 nitrogen and oxygen atoms in total. The van der Waals surface area contributed by atoms with Crippen LogP contribution in [0.1, 0.15) is 63.5 Å². The molecule has 1 aromatic carbocycles. The van der Waals surface area contributed by atoms with Gasteiger partial charge in [0.05, 0.1) is 6.04 Å². The molecule has 1 amide bonds. The molecule has 4 saturated carbocycles. The molecular weight excluding hydrogens is 369 g/mol. The minimum atomic E-state index is -0.242. The SMILES string of the molecule is C[C@@H](NC(=O)CC12C[C@@H]3C[C@@H](CC(Br)(C3)C1)C2)c1ccc(F)cc1. The quantitative estimate of drug-likeness (QED) is 0.705. The van der Waals surface area contributed by atoms with Crippen molar-refractivity contribution < 1.29 is 9.18 Å². The third-order valence-electron chi connectivity index (χ3n) is 6.39. The Morgan fingerprint density at radius 1 is 1.25 bits per heavy atom. The second kappa shape index (κ2) is 5.82. The van der Waals surface area contributed by atoms with Crippen molar-refractivity contribution in [2.75, 3.05) is 0 Å². The van der Waals surface area contributed by atoms with Crippen LogP contribution in [0.15, 0.2) is 24.3 Å². The van der Waals surface area contributed by atoms with Crippen LogP contribution in [0, 0.1) is 23.1 Å². The van der Waals surface area contributed by atoms with E-state index in [1.54, 1.807) is 12.1 Å². The van der Waals surface area contributed by atoms with E-state index >= 15 is 0 Å². The number of halogens is 2. The predicted molar refractivity (Wildman–Crippen MR) is 96.3 cm³/mol. The minimum Gasteiger partial charge on any atom is -0.350 e. The molecule has 5 rings (SSSR count). The van der Waals surface area contributed by atoms with Gasteiger partial charge in [0.25, 0.3) is 0 Å². The lowest BCUT2D eigenvalue weighted by Crippen LogP contribution is -2.54. The summed E-state index contributed by atoms with van der Waals surface area (Å²) in [5.41, 5.74) is 1.15. The number of amides is 1. The van der Waals surface area contributed by atoms with E-state index in [4.69, 9.17) is 0 Å². The van der Waals surface area contributed by atoms with Gasteiger partial charge in [0.15, 0.2) is 0 Å². The van der Waals surface area contributed by atoms with Gasteiger partial charge in [-0.25, -0.2) is 4.39 Å². The highest BCUT2D eigenvalue weighted by Crippen LogP contribution is 2.65. The van der Waals surface area contributed by atoms with Gasteiger partial charge in [0.1, 0.15) is 5.82 Å². The average molecular weight is 394 g/mol. The zero-order chi connectivity index (χ0) is 16.9. The van der Waals surface area contributed by atoms with Crippen LogP contribution < -0.4 is 5.32 Å². The van der Waals surface area contributed by atoms with Crippen molar-refractivity contribution in [3.8, 4) is 0 Å². The third kappa shape index (κ3) is 3.14. The Hall–Kier alpha value is -0.900. The average Bonchev–Trinajstić information content (AvgIpc) is 2.44. The van der Waals surface area contributed by atoms with Crippen molar-refractivity contribution in [3.05, 3.63) is 35.6 Å². The first-order valence-corrected chi connectivity index (χ1v) is 9.88. The van der Waals surface area contributed by atoms with Gasteiger partial charge >= 0.3 is 0 Å². The van der Waals surface area contributed by atoms with Gasteiger partial charge in [-0.05, 0) is 80.4 Å². The normalized spacial score (nSPS) is 38.1. The van der Waals surface area contributed by atoms with E-state index in [2.05, 4.69) is 21.2 Å². The van der Waals surface area contributed by atoms with E-state index in [9.17, 15) is 9.18 Å². The summed E-state index contributed by atoms with van der Waals surface area (Å²) in [6, 6.07) is 6.32. The molecule has 130 valence electrons. The van der Waals surface area contributed by atoms with Gasteiger partial charge in [0.2, 0.25) is 5.91 Å². The van der Waals surface area contributed by atoms with Gasteiger partial charge in [-0.2, -0.15) is 0 Å². The summed E-state index contributed by atoms with van der Waals surface area (Å²) < 4.78 is 13.3. The number of hydrogen-bond acceptors (Lipinski definition) is 1. The second-order valence-corrected chi connectivity index (χ2v) is 10.3. The molecule has 4 heteroatoms. The van der Waals surface area contributed by atoms with Crippen molar-refractivity contribution in [3.63, 3.8) is 0 Å². The van der Waals surface area contributed by atoms with Crippen LogP contribution in [0.25, 0.3) is 0 Å². The van der Waals surface area contributed by atoms with Crippen LogP contribution in [-0.2, 0) is 4.79 Å². The molecule has 1 aromatic rings. The highest BCUT2D eigenvalue weighted by atomic mass is 79.9. The fourth-order valence-corrected chi connectivity index (χ4v) is 7.52. The molecule has 0 aromatic heterocycles. The van der Waals surface area contributed by atoms with Crippen molar-refractivity contribution in [2.45, 2.75) is 62.2 Å². The molecule has 5 atom stereocenters. The topological polar surface area (TPSA) is 29.1 Å². The molecule has 0 aliphatic heterocycles. The monoisotopic (exact) mass is 393 g/mol. The zero-order valence-electron chi connectivity index (χ0n) is 14.2. The van der Waals surface area contributed by atoms with Gasteiger partial charge in [-0.15, -0.1) is 0 Å². The lowest BCUT2D eigenvalue weighted by molar-refractivity contribution is -0.128. The highest BCUT2D eigenvalue weighted by molar-refractivity contribution is 9.10. The Bertz CT molecular complexity index is 630. The zero-order valence-corrected chi connectivity index (χ0v) is 15.7. The van der Waals surface area contributed by atoms with Crippen LogP contribution in [-0.4, -0.2) is 10.2 Å². The molecule has 24 heavy (non-hydrogen) atoms. The Morgan fingerprint density at radius 2 is 1.88 bits per heavy atom. The molecule has 4 aliphatic rings. The Labute approximate surface area is 151 Å². The van der Waals surface area contributed by atoms with Crippen LogP contribution >= 0.6 is 15.9 Å². The van der Waals surface area contributed by atoms with Crippen molar-refractivity contribution in [1.82, 2.24) is 5.32 Å². The fraction of sp³-hybridized carbons (Fsp3) is 0.650. The molecule has 0 heterocycles. The molecule has 0 spiro atoms. The van der Waals surface area contributed by atoms with Gasteiger partial charge < -0.3 is 5.32 Å². The Morgan fingerprint density at radius 3 is 2.46 bits per heavy atom. The van der Waals surface area contributed by atoms with E-state index in [1.165, 1.54) is 44.2 Å². The maximum Gasteiger partial charge on any atom is 0.221 e. The fourth-order valence-electron chi connectivity index (χ4n) is 6.01. The molecular formula is C20H25BrFNO. The molecule has 4 bridgehead atoms. The first-order valence-electron chi connectivity index (χ1n) is 9.09. The number of nitrogens with one attached hydrogen (secondary N) is 1. The van der Waals surface area contributed by atoms with Crippen LogP contribution in [0.5, 0.6) is 0 Å². The summed E-state index contributed by atoms with van der Waals surface area (Å²) in [6.07, 6.45) is 8.16. The maximum atomic E-state index is 13.0.